The summed E-state index contributed by atoms with van der Waals surface area (Å²) >= 11 is 0. The Morgan fingerprint density at radius 1 is 1.08 bits per heavy atom. The van der Waals surface area contributed by atoms with Gasteiger partial charge < -0.3 is 10.2 Å². The highest BCUT2D eigenvalue weighted by Crippen LogP contribution is 2.44. The lowest BCUT2D eigenvalue weighted by Crippen LogP contribution is -1.96. The zero-order valence-corrected chi connectivity index (χ0v) is 15.2. The second-order valence-electron chi connectivity index (χ2n) is 6.30. The van der Waals surface area contributed by atoms with Crippen LogP contribution in [0.1, 0.15) is 30.0 Å². The Morgan fingerprint density at radius 3 is 2.31 bits per heavy atom. The largest absolute Gasteiger partial charge is 0.508 e. The first-order valence-electron chi connectivity index (χ1n) is 7.94. The summed E-state index contributed by atoms with van der Waals surface area (Å²) in [5, 5.41) is 19.0. The van der Waals surface area contributed by atoms with Gasteiger partial charge in [-0.1, -0.05) is 18.2 Å². The second-order valence-corrected chi connectivity index (χ2v) is 8.32. The maximum Gasteiger partial charge on any atom is 0.307 e. The number of benzene rings is 2. The Labute approximate surface area is 151 Å². The molecule has 2 aromatic rings. The van der Waals surface area contributed by atoms with Gasteiger partial charge in [-0.25, -0.2) is 8.42 Å². The number of aliphatic carboxylic acids is 1. The summed E-state index contributed by atoms with van der Waals surface area (Å²) in [6.07, 6.45) is 2.92. The molecule has 5 nitrogen and oxygen atoms in total. The highest BCUT2D eigenvalue weighted by atomic mass is 32.2. The third-order valence-corrected chi connectivity index (χ3v) is 5.55. The van der Waals surface area contributed by atoms with Gasteiger partial charge in [-0.2, -0.15) is 0 Å². The number of aromatic hydroxyl groups is 1. The zero-order chi connectivity index (χ0) is 19.1. The average molecular weight is 370 g/mol. The number of rotatable bonds is 4. The molecule has 0 bridgehead atoms. The molecule has 134 valence electrons. The standard InChI is InChI=1S/C20H18O5S/c1-12-17(9-13-3-6-15(7-4-13)26(2,24)25)16-8-5-14(21)10-19(16)18(12)11-20(22)23/h3-10,21H,11H2,1-2H3,(H,22,23). The number of phenols is 1. The maximum absolute atomic E-state index is 11.6. The number of carboxylic acid groups (broad SMARTS) is 1. The molecule has 0 aromatic heterocycles. The number of carbonyl (C=O) groups is 1. The summed E-state index contributed by atoms with van der Waals surface area (Å²) < 4.78 is 23.2. The third kappa shape index (κ3) is 3.41. The first-order valence-corrected chi connectivity index (χ1v) is 9.83. The first-order chi connectivity index (χ1) is 12.2. The van der Waals surface area contributed by atoms with Crippen LogP contribution < -0.4 is 0 Å². The van der Waals surface area contributed by atoms with Crippen molar-refractivity contribution in [3.05, 3.63) is 64.7 Å². The van der Waals surface area contributed by atoms with E-state index in [-0.39, 0.29) is 17.1 Å². The molecule has 6 heteroatoms. The minimum absolute atomic E-state index is 0.0817. The summed E-state index contributed by atoms with van der Waals surface area (Å²) in [5.41, 5.74) is 4.74. The number of carboxylic acids is 1. The summed E-state index contributed by atoms with van der Waals surface area (Å²) in [6.45, 7) is 1.85. The van der Waals surface area contributed by atoms with E-state index in [1.165, 1.54) is 0 Å². The lowest BCUT2D eigenvalue weighted by molar-refractivity contribution is -0.135. The lowest BCUT2D eigenvalue weighted by atomic mass is 10.0. The SMILES string of the molecule is CC1=C(CC(=O)O)c2cc(O)ccc2C1=Cc1ccc(S(C)(=O)=O)cc1. The normalized spacial score (nSPS) is 15.4. The van der Waals surface area contributed by atoms with Crippen LogP contribution in [0.3, 0.4) is 0 Å². The van der Waals surface area contributed by atoms with Crippen LogP contribution >= 0.6 is 0 Å². The quantitative estimate of drug-likeness (QED) is 0.858. The van der Waals surface area contributed by atoms with Gasteiger partial charge in [-0.15, -0.1) is 0 Å². The van der Waals surface area contributed by atoms with Gasteiger partial charge in [-0.05, 0) is 70.7 Å². The van der Waals surface area contributed by atoms with Crippen LogP contribution in [0.25, 0.3) is 17.2 Å². The van der Waals surface area contributed by atoms with Crippen molar-refractivity contribution in [2.45, 2.75) is 18.2 Å². The number of fused-ring (bicyclic) bond motifs is 1. The molecule has 0 atom stereocenters. The van der Waals surface area contributed by atoms with Gasteiger partial charge in [0.15, 0.2) is 9.84 Å². The van der Waals surface area contributed by atoms with Gasteiger partial charge in [0, 0.05) is 6.26 Å². The number of phenolic OH excluding ortho intramolecular Hbond substituents is 1. The minimum Gasteiger partial charge on any atom is -0.508 e. The number of hydrogen-bond acceptors (Lipinski definition) is 4. The van der Waals surface area contributed by atoms with Crippen LogP contribution in [0.4, 0.5) is 0 Å². The van der Waals surface area contributed by atoms with Crippen LogP contribution in [0.2, 0.25) is 0 Å². The highest BCUT2D eigenvalue weighted by Gasteiger charge is 2.25. The van der Waals surface area contributed by atoms with Crippen LogP contribution in [0.5, 0.6) is 5.75 Å². The van der Waals surface area contributed by atoms with Crippen molar-refractivity contribution in [2.24, 2.45) is 0 Å². The van der Waals surface area contributed by atoms with E-state index in [1.54, 1.807) is 42.5 Å². The van der Waals surface area contributed by atoms with E-state index in [2.05, 4.69) is 0 Å². The molecule has 0 spiro atoms. The molecule has 1 aliphatic carbocycles. The van der Waals surface area contributed by atoms with Gasteiger partial charge in [0.1, 0.15) is 5.75 Å². The molecule has 2 aromatic carbocycles. The summed E-state index contributed by atoms with van der Waals surface area (Å²) in [5.74, 6) is -0.856. The Morgan fingerprint density at radius 2 is 1.73 bits per heavy atom. The van der Waals surface area contributed by atoms with Crippen LogP contribution in [0.15, 0.2) is 52.9 Å². The molecule has 26 heavy (non-hydrogen) atoms. The third-order valence-electron chi connectivity index (χ3n) is 4.42. The molecule has 0 radical (unpaired) electrons. The van der Waals surface area contributed by atoms with Crippen LogP contribution in [-0.4, -0.2) is 30.9 Å². The minimum atomic E-state index is -3.26. The average Bonchev–Trinajstić information content (AvgIpc) is 2.79. The molecule has 0 heterocycles. The molecule has 0 saturated carbocycles. The van der Waals surface area contributed by atoms with Crippen molar-refractivity contribution in [1.82, 2.24) is 0 Å². The van der Waals surface area contributed by atoms with Crippen LogP contribution in [-0.2, 0) is 14.6 Å². The second kappa shape index (κ2) is 6.46. The van der Waals surface area contributed by atoms with Crippen molar-refractivity contribution in [3.63, 3.8) is 0 Å². The van der Waals surface area contributed by atoms with E-state index in [9.17, 15) is 23.4 Å². The Kier molecular flexibility index (Phi) is 4.46. The van der Waals surface area contributed by atoms with Gasteiger partial charge in [-0.3, -0.25) is 4.79 Å². The Balaban J connectivity index is 2.11. The molecule has 1 aliphatic rings. The predicted molar refractivity (Wildman–Crippen MR) is 100 cm³/mol. The Hall–Kier alpha value is -2.86. The summed E-state index contributed by atoms with van der Waals surface area (Å²) in [4.78, 5) is 11.5. The predicted octanol–water partition coefficient (Wildman–Crippen LogP) is 3.60. The van der Waals surface area contributed by atoms with E-state index in [4.69, 9.17) is 0 Å². The van der Waals surface area contributed by atoms with Crippen molar-refractivity contribution >= 4 is 33.0 Å². The molecule has 3 rings (SSSR count). The van der Waals surface area contributed by atoms with Crippen molar-refractivity contribution < 1.29 is 23.4 Å². The lowest BCUT2D eigenvalue weighted by Gasteiger charge is -2.05. The van der Waals surface area contributed by atoms with Gasteiger partial charge in [0.2, 0.25) is 0 Å². The van der Waals surface area contributed by atoms with Gasteiger partial charge >= 0.3 is 5.97 Å². The maximum atomic E-state index is 11.6. The monoisotopic (exact) mass is 370 g/mol. The fourth-order valence-corrected chi connectivity index (χ4v) is 3.76. The molecule has 0 aliphatic heterocycles. The molecule has 0 amide bonds. The van der Waals surface area contributed by atoms with Crippen LogP contribution in [0, 0.1) is 0 Å². The number of allylic oxidation sites excluding steroid dienone is 2. The molecule has 0 saturated heterocycles. The summed E-state index contributed by atoms with van der Waals surface area (Å²) in [6, 6.07) is 11.4. The molecular formula is C20H18O5S. The smallest absolute Gasteiger partial charge is 0.307 e. The fourth-order valence-electron chi connectivity index (χ4n) is 3.13. The van der Waals surface area contributed by atoms with E-state index in [0.29, 0.717) is 11.1 Å². The number of hydrogen-bond donors (Lipinski definition) is 2. The topological polar surface area (TPSA) is 91.7 Å². The van der Waals surface area contributed by atoms with Gasteiger partial charge in [0.05, 0.1) is 11.3 Å². The van der Waals surface area contributed by atoms with Crippen molar-refractivity contribution in [2.75, 3.05) is 6.26 Å². The van der Waals surface area contributed by atoms with E-state index in [1.807, 2.05) is 13.0 Å². The van der Waals surface area contributed by atoms with E-state index in [0.717, 1.165) is 28.5 Å². The highest BCUT2D eigenvalue weighted by molar-refractivity contribution is 7.90. The van der Waals surface area contributed by atoms with Crippen molar-refractivity contribution in [1.29, 1.82) is 0 Å². The molecule has 2 N–H and O–H groups in total. The van der Waals surface area contributed by atoms with E-state index >= 15 is 0 Å². The molecular weight excluding hydrogens is 352 g/mol. The van der Waals surface area contributed by atoms with Crippen molar-refractivity contribution in [3.8, 4) is 5.75 Å². The van der Waals surface area contributed by atoms with Gasteiger partial charge in [0.25, 0.3) is 0 Å². The first kappa shape index (κ1) is 17.9. The summed E-state index contributed by atoms with van der Waals surface area (Å²) in [7, 11) is -3.26. The fraction of sp³-hybridized carbons (Fsp3) is 0.150. The van der Waals surface area contributed by atoms with E-state index < -0.39 is 15.8 Å². The molecule has 0 fully saturated rings. The zero-order valence-electron chi connectivity index (χ0n) is 14.4. The molecule has 0 unspecified atom stereocenters. The Bertz CT molecular complexity index is 1060. The number of sulfone groups is 1.